The maximum Gasteiger partial charge on any atom is 0.236 e. The molecule has 3 heteroatoms. The van der Waals surface area contributed by atoms with E-state index in [1.807, 2.05) is 4.90 Å². The first-order valence-corrected chi connectivity index (χ1v) is 6.71. The van der Waals surface area contributed by atoms with Crippen LogP contribution in [-0.2, 0) is 4.79 Å². The molecule has 1 N–H and O–H groups in total. The SMILES string of the molecule is CCCCN(C(=O)CNC1CC1)C(C)CC. The highest BCUT2D eigenvalue weighted by Crippen LogP contribution is 2.18. The van der Waals surface area contributed by atoms with E-state index in [-0.39, 0.29) is 5.91 Å². The monoisotopic (exact) mass is 226 g/mol. The Labute approximate surface area is 99.6 Å². The Hall–Kier alpha value is -0.570. The van der Waals surface area contributed by atoms with E-state index in [1.165, 1.54) is 12.8 Å². The minimum absolute atomic E-state index is 0.273. The molecule has 0 saturated heterocycles. The van der Waals surface area contributed by atoms with Crippen LogP contribution in [0, 0.1) is 0 Å². The Bertz CT molecular complexity index is 214. The Morgan fingerprint density at radius 3 is 2.62 bits per heavy atom. The van der Waals surface area contributed by atoms with Crippen LogP contribution in [0.25, 0.3) is 0 Å². The summed E-state index contributed by atoms with van der Waals surface area (Å²) in [4.78, 5) is 14.1. The zero-order valence-electron chi connectivity index (χ0n) is 11.0. The molecule has 0 aromatic rings. The van der Waals surface area contributed by atoms with E-state index in [0.717, 1.165) is 25.8 Å². The van der Waals surface area contributed by atoms with Gasteiger partial charge in [-0.25, -0.2) is 0 Å². The van der Waals surface area contributed by atoms with Crippen LogP contribution < -0.4 is 5.32 Å². The molecule has 1 unspecified atom stereocenters. The molecule has 1 aliphatic carbocycles. The highest BCUT2D eigenvalue weighted by atomic mass is 16.2. The molecule has 0 aromatic carbocycles. The molecule has 1 aliphatic rings. The summed E-state index contributed by atoms with van der Waals surface area (Å²) in [6, 6.07) is 0.994. The molecule has 0 aromatic heterocycles. The lowest BCUT2D eigenvalue weighted by atomic mass is 10.2. The Balaban J connectivity index is 2.34. The maximum atomic E-state index is 12.0. The minimum atomic E-state index is 0.273. The van der Waals surface area contributed by atoms with Crippen molar-refractivity contribution >= 4 is 5.91 Å². The van der Waals surface area contributed by atoms with Crippen molar-refractivity contribution < 1.29 is 4.79 Å². The summed E-state index contributed by atoms with van der Waals surface area (Å²) in [7, 11) is 0. The van der Waals surface area contributed by atoms with Crippen LogP contribution >= 0.6 is 0 Å². The van der Waals surface area contributed by atoms with Gasteiger partial charge in [0.05, 0.1) is 6.54 Å². The number of nitrogens with one attached hydrogen (secondary N) is 1. The van der Waals surface area contributed by atoms with Crippen LogP contribution in [0.3, 0.4) is 0 Å². The van der Waals surface area contributed by atoms with Gasteiger partial charge in [0, 0.05) is 18.6 Å². The Morgan fingerprint density at radius 1 is 1.44 bits per heavy atom. The molecule has 1 rings (SSSR count). The number of carbonyl (C=O) groups is 1. The first kappa shape index (κ1) is 13.5. The molecule has 1 saturated carbocycles. The number of carbonyl (C=O) groups excluding carboxylic acids is 1. The van der Waals surface area contributed by atoms with Gasteiger partial charge in [-0.2, -0.15) is 0 Å². The van der Waals surface area contributed by atoms with Crippen molar-refractivity contribution in [3.63, 3.8) is 0 Å². The molecule has 3 nitrogen and oxygen atoms in total. The van der Waals surface area contributed by atoms with E-state index < -0.39 is 0 Å². The van der Waals surface area contributed by atoms with Crippen LogP contribution in [0.2, 0.25) is 0 Å². The van der Waals surface area contributed by atoms with Crippen molar-refractivity contribution in [1.29, 1.82) is 0 Å². The van der Waals surface area contributed by atoms with Crippen LogP contribution in [0.1, 0.15) is 52.9 Å². The van der Waals surface area contributed by atoms with Gasteiger partial charge in [0.1, 0.15) is 0 Å². The predicted octanol–water partition coefficient (Wildman–Crippen LogP) is 2.17. The molecular formula is C13H26N2O. The van der Waals surface area contributed by atoms with E-state index in [4.69, 9.17) is 0 Å². The summed E-state index contributed by atoms with van der Waals surface area (Å²) in [5, 5.41) is 3.30. The third kappa shape index (κ3) is 4.52. The molecule has 94 valence electrons. The molecule has 0 radical (unpaired) electrons. The van der Waals surface area contributed by atoms with Crippen LogP contribution in [-0.4, -0.2) is 36.0 Å². The van der Waals surface area contributed by atoms with E-state index in [0.29, 0.717) is 18.6 Å². The first-order chi connectivity index (χ1) is 7.69. The van der Waals surface area contributed by atoms with Crippen LogP contribution in [0.15, 0.2) is 0 Å². The number of nitrogens with zero attached hydrogens (tertiary/aromatic N) is 1. The molecule has 1 amide bonds. The van der Waals surface area contributed by atoms with Gasteiger partial charge >= 0.3 is 0 Å². The average molecular weight is 226 g/mol. The third-order valence-electron chi connectivity index (χ3n) is 3.32. The summed E-state index contributed by atoms with van der Waals surface area (Å²) in [6.07, 6.45) is 5.78. The Kier molecular flexibility index (Phi) is 5.81. The predicted molar refractivity (Wildman–Crippen MR) is 67.4 cm³/mol. The number of amides is 1. The molecule has 1 atom stereocenters. The number of hydrogen-bond donors (Lipinski definition) is 1. The number of hydrogen-bond acceptors (Lipinski definition) is 2. The summed E-state index contributed by atoms with van der Waals surface area (Å²) < 4.78 is 0. The van der Waals surface area contributed by atoms with E-state index in [1.54, 1.807) is 0 Å². The normalized spacial score (nSPS) is 17.2. The van der Waals surface area contributed by atoms with Crippen molar-refractivity contribution in [3.8, 4) is 0 Å². The highest BCUT2D eigenvalue weighted by Gasteiger charge is 2.24. The van der Waals surface area contributed by atoms with Gasteiger partial charge in [0.25, 0.3) is 0 Å². The van der Waals surface area contributed by atoms with Crippen molar-refractivity contribution in [2.45, 2.75) is 65.0 Å². The average Bonchev–Trinajstić information content (AvgIpc) is 3.10. The summed E-state index contributed by atoms with van der Waals surface area (Å²) >= 11 is 0. The van der Waals surface area contributed by atoms with Gasteiger partial charge in [-0.15, -0.1) is 0 Å². The minimum Gasteiger partial charge on any atom is -0.339 e. The lowest BCUT2D eigenvalue weighted by Gasteiger charge is -2.28. The van der Waals surface area contributed by atoms with Crippen LogP contribution in [0.5, 0.6) is 0 Å². The largest absolute Gasteiger partial charge is 0.339 e. The zero-order valence-corrected chi connectivity index (χ0v) is 11.0. The molecule has 16 heavy (non-hydrogen) atoms. The topological polar surface area (TPSA) is 32.3 Å². The number of unbranched alkanes of at least 4 members (excludes halogenated alkanes) is 1. The van der Waals surface area contributed by atoms with Gasteiger partial charge < -0.3 is 10.2 Å². The maximum absolute atomic E-state index is 12.0. The summed E-state index contributed by atoms with van der Waals surface area (Å²) in [5.74, 6) is 0.273. The second-order valence-electron chi connectivity index (χ2n) is 4.85. The summed E-state index contributed by atoms with van der Waals surface area (Å²) in [6.45, 7) is 7.90. The second-order valence-corrected chi connectivity index (χ2v) is 4.85. The lowest BCUT2D eigenvalue weighted by Crippen LogP contribution is -2.44. The molecule has 0 bridgehead atoms. The second kappa shape index (κ2) is 6.89. The first-order valence-electron chi connectivity index (χ1n) is 6.71. The zero-order chi connectivity index (χ0) is 12.0. The molecular weight excluding hydrogens is 200 g/mol. The standard InChI is InChI=1S/C13H26N2O/c1-4-6-9-15(11(3)5-2)13(16)10-14-12-7-8-12/h11-12,14H,4-10H2,1-3H3. The van der Waals surface area contributed by atoms with Gasteiger partial charge in [-0.3, -0.25) is 4.79 Å². The lowest BCUT2D eigenvalue weighted by molar-refractivity contribution is -0.132. The fourth-order valence-electron chi connectivity index (χ4n) is 1.76. The summed E-state index contributed by atoms with van der Waals surface area (Å²) in [5.41, 5.74) is 0. The third-order valence-corrected chi connectivity index (χ3v) is 3.32. The van der Waals surface area contributed by atoms with Crippen LogP contribution in [0.4, 0.5) is 0 Å². The van der Waals surface area contributed by atoms with E-state index >= 15 is 0 Å². The van der Waals surface area contributed by atoms with Gasteiger partial charge in [-0.1, -0.05) is 20.3 Å². The van der Waals surface area contributed by atoms with E-state index in [2.05, 4.69) is 26.1 Å². The molecule has 1 fully saturated rings. The van der Waals surface area contributed by atoms with Gasteiger partial charge in [0.15, 0.2) is 0 Å². The fourth-order valence-corrected chi connectivity index (χ4v) is 1.76. The smallest absolute Gasteiger partial charge is 0.236 e. The highest BCUT2D eigenvalue weighted by molar-refractivity contribution is 5.78. The molecule has 0 heterocycles. The van der Waals surface area contributed by atoms with Gasteiger partial charge in [-0.05, 0) is 32.6 Å². The number of rotatable bonds is 8. The fraction of sp³-hybridized carbons (Fsp3) is 0.923. The van der Waals surface area contributed by atoms with Crippen molar-refractivity contribution in [2.75, 3.05) is 13.1 Å². The Morgan fingerprint density at radius 2 is 2.12 bits per heavy atom. The van der Waals surface area contributed by atoms with Gasteiger partial charge in [0.2, 0.25) is 5.91 Å². The van der Waals surface area contributed by atoms with Crippen molar-refractivity contribution in [1.82, 2.24) is 10.2 Å². The quantitative estimate of drug-likeness (QED) is 0.688. The van der Waals surface area contributed by atoms with E-state index in [9.17, 15) is 4.79 Å². The van der Waals surface area contributed by atoms with Crippen molar-refractivity contribution in [2.24, 2.45) is 0 Å². The molecule has 0 spiro atoms. The van der Waals surface area contributed by atoms with Crippen molar-refractivity contribution in [3.05, 3.63) is 0 Å². The molecule has 0 aliphatic heterocycles.